The summed E-state index contributed by atoms with van der Waals surface area (Å²) < 4.78 is 0. The van der Waals surface area contributed by atoms with Crippen molar-refractivity contribution in [3.05, 3.63) is 54.3 Å². The van der Waals surface area contributed by atoms with E-state index in [2.05, 4.69) is 0 Å². The molecule has 0 saturated heterocycles. The molecule has 0 heteroatoms. The second-order valence-electron chi connectivity index (χ2n) is 17.6. The fraction of sp³-hybridized carbons (Fsp3) is 0.304. The summed E-state index contributed by atoms with van der Waals surface area (Å²) in [5.74, 6) is 1.40. The van der Waals surface area contributed by atoms with Gasteiger partial charge in [0.2, 0.25) is 0 Å². The zero-order valence-corrected chi connectivity index (χ0v) is 25.6. The van der Waals surface area contributed by atoms with Crippen molar-refractivity contribution in [2.75, 3.05) is 0 Å². The first kappa shape index (κ1) is 20.2. The Balaban J connectivity index is 1.42. The SMILES string of the molecule is C1Cc2c3c4c5c6c7c8c9c%10c(c%11c%12c%13c%14c%15c%16c(c2c2c4c6c4c8c%10c%12c%14c4c%162)=C1CC%15CC=%13CC%11)CCC=9CC7CC=5CC3. The van der Waals surface area contributed by atoms with Gasteiger partial charge in [-0.2, -0.15) is 0 Å². The summed E-state index contributed by atoms with van der Waals surface area (Å²) in [4.78, 5) is 0. The van der Waals surface area contributed by atoms with Crippen LogP contribution in [0.1, 0.15) is 96.6 Å². The van der Waals surface area contributed by atoms with Crippen LogP contribution in [0, 0.1) is 0 Å². The highest BCUT2D eigenvalue weighted by atomic mass is 14.5. The van der Waals surface area contributed by atoms with E-state index in [0.717, 1.165) is 0 Å². The Morgan fingerprint density at radius 2 is 0.478 bits per heavy atom. The van der Waals surface area contributed by atoms with Crippen molar-refractivity contribution >= 4 is 119 Å². The number of rotatable bonds is 0. The van der Waals surface area contributed by atoms with E-state index in [4.69, 9.17) is 0 Å². The zero-order valence-electron chi connectivity index (χ0n) is 25.6. The van der Waals surface area contributed by atoms with E-state index in [-0.39, 0.29) is 0 Å². The highest BCUT2D eigenvalue weighted by Gasteiger charge is 2.46. The van der Waals surface area contributed by atoms with Crippen molar-refractivity contribution in [1.82, 2.24) is 0 Å². The van der Waals surface area contributed by atoms with E-state index in [1.54, 1.807) is 140 Å². The quantitative estimate of drug-likeness (QED) is 0.125. The average Bonchev–Trinajstić information content (AvgIpc) is 3.83. The van der Waals surface area contributed by atoms with Gasteiger partial charge in [-0.15, -0.1) is 0 Å². The first-order valence-electron chi connectivity index (χ1n) is 18.7. The molecule has 0 atom stereocenters. The molecular weight excluding hydrogens is 553 g/mol. The van der Waals surface area contributed by atoms with Crippen molar-refractivity contribution in [3.8, 4) is 0 Å². The molecule has 0 radical (unpaired) electrons. The van der Waals surface area contributed by atoms with E-state index in [1.807, 2.05) is 33.4 Å². The van der Waals surface area contributed by atoms with Gasteiger partial charge in [-0.05, 0) is 240 Å². The number of benzene rings is 6. The lowest BCUT2D eigenvalue weighted by Crippen LogP contribution is -2.29. The van der Waals surface area contributed by atoms with Crippen molar-refractivity contribution < 1.29 is 0 Å². The highest BCUT2D eigenvalue weighted by Crippen LogP contribution is 2.64. The highest BCUT2D eigenvalue weighted by molar-refractivity contribution is 6.57. The van der Waals surface area contributed by atoms with Crippen molar-refractivity contribution in [2.45, 2.75) is 88.9 Å². The average molecular weight is 579 g/mol. The maximum atomic E-state index is 1.84. The van der Waals surface area contributed by atoms with Gasteiger partial charge in [-0.3, -0.25) is 0 Å². The van der Waals surface area contributed by atoms with E-state index in [1.165, 1.54) is 77.0 Å². The van der Waals surface area contributed by atoms with Gasteiger partial charge in [-0.25, -0.2) is 0 Å². The van der Waals surface area contributed by atoms with Crippen LogP contribution in [0.2, 0.25) is 0 Å². The van der Waals surface area contributed by atoms with Gasteiger partial charge in [0.1, 0.15) is 0 Å². The lowest BCUT2D eigenvalue weighted by molar-refractivity contribution is 0.687. The number of aryl methyl sites for hydroxylation is 4. The van der Waals surface area contributed by atoms with Crippen LogP contribution in [0.5, 0.6) is 0 Å². The Morgan fingerprint density at radius 1 is 0.239 bits per heavy atom. The molecule has 10 aromatic carbocycles. The first-order chi connectivity index (χ1) is 22.9. The molecule has 0 bridgehead atoms. The molecule has 0 aliphatic heterocycles. The lowest BCUT2D eigenvalue weighted by atomic mass is 9.69. The number of fused-ring (bicyclic) bond motifs is 2. The first-order valence-corrected chi connectivity index (χ1v) is 18.7. The van der Waals surface area contributed by atoms with E-state index in [9.17, 15) is 0 Å². The molecule has 8 aliphatic rings. The lowest BCUT2D eigenvalue weighted by Gasteiger charge is -2.34. The van der Waals surface area contributed by atoms with Crippen LogP contribution in [0.15, 0.2) is 0 Å². The molecule has 8 aliphatic carbocycles. The normalized spacial score (nSPS) is 22.7. The second kappa shape index (κ2) is 5.37. The molecule has 0 unspecified atom stereocenters. The van der Waals surface area contributed by atoms with Gasteiger partial charge in [0.05, 0.1) is 0 Å². The smallest absolute Gasteiger partial charge is 0.0000254 e. The molecule has 0 fully saturated rings. The molecule has 0 N–H and O–H groups in total. The minimum absolute atomic E-state index is 0.701. The van der Waals surface area contributed by atoms with E-state index in [0.29, 0.717) is 11.8 Å². The van der Waals surface area contributed by atoms with Gasteiger partial charge in [-0.1, -0.05) is 22.3 Å². The zero-order chi connectivity index (χ0) is 28.1. The third kappa shape index (κ3) is 1.45. The summed E-state index contributed by atoms with van der Waals surface area (Å²) in [6.45, 7) is 0. The van der Waals surface area contributed by atoms with Crippen LogP contribution in [0.25, 0.3) is 119 Å². The minimum Gasteiger partial charge on any atom is -0.0608 e. The molecule has 210 valence electrons. The summed E-state index contributed by atoms with van der Waals surface area (Å²) in [7, 11) is 0. The van der Waals surface area contributed by atoms with Crippen LogP contribution in [0.4, 0.5) is 0 Å². The standard InChI is InChI=1S/C46H26/c1-5-19-20-6-2-15-11-18-12-16-4-8-22-21-7-3-14-10-17-9-13(1)23-29(19)37-38-30(20)24(15)35-28(18)36-26(16)32(22)40-39-31(21)25(14)34-27(17)33(23)41(37)45(42(34)39)46(43(35)38)44(36)40/h17-18H,1-12H2. The van der Waals surface area contributed by atoms with Crippen molar-refractivity contribution in [3.63, 3.8) is 0 Å². The van der Waals surface area contributed by atoms with Crippen molar-refractivity contribution in [1.29, 1.82) is 0 Å². The molecule has 0 heterocycles. The Labute approximate surface area is 261 Å². The molecule has 0 spiro atoms. The van der Waals surface area contributed by atoms with Gasteiger partial charge >= 0.3 is 0 Å². The van der Waals surface area contributed by atoms with Crippen molar-refractivity contribution in [2.24, 2.45) is 0 Å². The molecule has 0 amide bonds. The molecule has 0 saturated carbocycles. The van der Waals surface area contributed by atoms with Gasteiger partial charge in [0.15, 0.2) is 0 Å². The molecule has 46 heavy (non-hydrogen) atoms. The summed E-state index contributed by atoms with van der Waals surface area (Å²) >= 11 is 0. The maximum absolute atomic E-state index is 1.84. The molecule has 10 aromatic rings. The topological polar surface area (TPSA) is 0 Å². The summed E-state index contributed by atoms with van der Waals surface area (Å²) in [6.07, 6.45) is 15.7. The Kier molecular flexibility index (Phi) is 2.35. The summed E-state index contributed by atoms with van der Waals surface area (Å²) in [6, 6.07) is 0. The largest absolute Gasteiger partial charge is 0.0608 e. The molecule has 18 rings (SSSR count). The third-order valence-corrected chi connectivity index (χ3v) is 16.7. The molecule has 0 aromatic heterocycles. The van der Waals surface area contributed by atoms with Crippen LogP contribution in [-0.4, -0.2) is 0 Å². The summed E-state index contributed by atoms with van der Waals surface area (Å²) in [5.41, 5.74) is 18.2. The predicted octanol–water partition coefficient (Wildman–Crippen LogP) is 8.30. The van der Waals surface area contributed by atoms with Crippen LogP contribution in [0.3, 0.4) is 0 Å². The van der Waals surface area contributed by atoms with Gasteiger partial charge in [0, 0.05) is 0 Å². The second-order valence-corrected chi connectivity index (χ2v) is 17.6. The van der Waals surface area contributed by atoms with Gasteiger partial charge in [0.25, 0.3) is 0 Å². The Hall–Kier alpha value is -4.16. The minimum atomic E-state index is 0.701. The molecular formula is C46H26. The van der Waals surface area contributed by atoms with E-state index < -0.39 is 0 Å². The van der Waals surface area contributed by atoms with Gasteiger partial charge < -0.3 is 0 Å². The number of hydrogen-bond acceptors (Lipinski definition) is 0. The Morgan fingerprint density at radius 3 is 0.761 bits per heavy atom. The predicted molar refractivity (Wildman–Crippen MR) is 192 cm³/mol. The van der Waals surface area contributed by atoms with Crippen LogP contribution >= 0.6 is 0 Å². The molecule has 0 nitrogen and oxygen atoms in total. The monoisotopic (exact) mass is 578 g/mol. The Bertz CT molecular complexity index is 3150. The van der Waals surface area contributed by atoms with E-state index >= 15 is 0 Å². The van der Waals surface area contributed by atoms with Crippen LogP contribution < -0.4 is 20.9 Å². The number of hydrogen-bond donors (Lipinski definition) is 0. The van der Waals surface area contributed by atoms with Crippen LogP contribution in [-0.2, 0) is 25.7 Å². The summed E-state index contributed by atoms with van der Waals surface area (Å²) in [5, 5.41) is 38.7. The fourth-order valence-corrected chi connectivity index (χ4v) is 15.9. The maximum Gasteiger partial charge on any atom is -0.0000254 e. The third-order valence-electron chi connectivity index (χ3n) is 16.7. The fourth-order valence-electron chi connectivity index (χ4n) is 15.9.